The molecule has 2 aromatic heterocycles. The van der Waals surface area contributed by atoms with Gasteiger partial charge in [-0.15, -0.1) is 0 Å². The molecule has 2 aromatic rings. The van der Waals surface area contributed by atoms with Crippen LogP contribution >= 0.6 is 0 Å². The Kier molecular flexibility index (Phi) is 4.78. The van der Waals surface area contributed by atoms with Crippen LogP contribution in [0.3, 0.4) is 0 Å². The van der Waals surface area contributed by atoms with Gasteiger partial charge < -0.3 is 14.7 Å². The van der Waals surface area contributed by atoms with Crippen LogP contribution in [0.2, 0.25) is 0 Å². The lowest BCUT2D eigenvalue weighted by Crippen LogP contribution is -2.44. The minimum absolute atomic E-state index is 0.00287. The average molecular weight is 330 g/mol. The number of amides is 2. The van der Waals surface area contributed by atoms with Gasteiger partial charge in [0.1, 0.15) is 0 Å². The fraction of sp³-hybridized carbons (Fsp3) is 0.467. The quantitative estimate of drug-likeness (QED) is 0.863. The summed E-state index contributed by atoms with van der Waals surface area (Å²) in [6, 6.07) is 1.69. The number of aromatic nitrogens is 4. The fourth-order valence-electron chi connectivity index (χ4n) is 2.62. The first-order chi connectivity index (χ1) is 11.6. The molecule has 1 aliphatic rings. The molecule has 3 heterocycles. The molecule has 9 heteroatoms. The van der Waals surface area contributed by atoms with E-state index in [9.17, 15) is 9.59 Å². The molecule has 1 fully saturated rings. The van der Waals surface area contributed by atoms with Gasteiger partial charge in [-0.2, -0.15) is 4.98 Å². The maximum atomic E-state index is 12.3. The Morgan fingerprint density at radius 2 is 2.12 bits per heavy atom. The number of nitrogens with zero attached hydrogens (tertiary/aromatic N) is 5. The molecular formula is C15H18N6O3. The minimum atomic E-state index is -0.206. The molecule has 0 aromatic carbocycles. The van der Waals surface area contributed by atoms with Gasteiger partial charge in [-0.05, 0) is 18.9 Å². The molecule has 0 saturated carbocycles. The van der Waals surface area contributed by atoms with Crippen LogP contribution in [-0.4, -0.2) is 49.9 Å². The van der Waals surface area contributed by atoms with E-state index < -0.39 is 0 Å². The highest BCUT2D eigenvalue weighted by atomic mass is 16.5. The summed E-state index contributed by atoms with van der Waals surface area (Å²) >= 11 is 0. The second-order valence-electron chi connectivity index (χ2n) is 5.61. The number of piperidine rings is 1. The molecule has 0 bridgehead atoms. The number of hydrogen-bond donors (Lipinski definition) is 1. The van der Waals surface area contributed by atoms with Gasteiger partial charge in [0.15, 0.2) is 0 Å². The summed E-state index contributed by atoms with van der Waals surface area (Å²) in [6.45, 7) is 2.82. The topological polar surface area (TPSA) is 114 Å². The van der Waals surface area contributed by atoms with Crippen LogP contribution in [-0.2, 0) is 16.1 Å². The number of carbonyl (C=O) groups excluding carboxylic acids is 2. The van der Waals surface area contributed by atoms with Crippen LogP contribution < -0.4 is 5.32 Å². The Hall–Kier alpha value is -2.84. The van der Waals surface area contributed by atoms with Gasteiger partial charge >= 0.3 is 0 Å². The standard InChI is InChI=1S/C15H18N6O3/c1-10(22)21-7-2-4-11(9-21)15(23)18-8-12-19-14(20-24-12)13-16-5-3-6-17-13/h3,5-6,11H,2,4,7-9H2,1H3,(H,18,23)/t11-/m0/s1. The Bertz CT molecular complexity index is 717. The van der Waals surface area contributed by atoms with Crippen LogP contribution in [0.5, 0.6) is 0 Å². The van der Waals surface area contributed by atoms with Crippen molar-refractivity contribution in [2.45, 2.75) is 26.3 Å². The number of rotatable bonds is 4. The zero-order chi connectivity index (χ0) is 16.9. The van der Waals surface area contributed by atoms with Crippen molar-refractivity contribution < 1.29 is 14.1 Å². The van der Waals surface area contributed by atoms with Crippen LogP contribution in [0.15, 0.2) is 23.0 Å². The van der Waals surface area contributed by atoms with E-state index in [1.54, 1.807) is 23.4 Å². The first-order valence-corrected chi connectivity index (χ1v) is 7.76. The molecule has 1 aliphatic heterocycles. The molecule has 9 nitrogen and oxygen atoms in total. The van der Waals surface area contributed by atoms with Crippen LogP contribution in [0.25, 0.3) is 11.6 Å². The molecule has 1 N–H and O–H groups in total. The Morgan fingerprint density at radius 3 is 2.88 bits per heavy atom. The van der Waals surface area contributed by atoms with E-state index in [-0.39, 0.29) is 36.0 Å². The van der Waals surface area contributed by atoms with Crippen molar-refractivity contribution in [2.24, 2.45) is 5.92 Å². The van der Waals surface area contributed by atoms with E-state index in [2.05, 4.69) is 25.4 Å². The second-order valence-corrected chi connectivity index (χ2v) is 5.61. The number of carbonyl (C=O) groups is 2. The fourth-order valence-corrected chi connectivity index (χ4v) is 2.62. The molecule has 1 saturated heterocycles. The van der Waals surface area contributed by atoms with Crippen molar-refractivity contribution >= 4 is 11.8 Å². The van der Waals surface area contributed by atoms with Crippen LogP contribution in [0.4, 0.5) is 0 Å². The Balaban J connectivity index is 1.55. The van der Waals surface area contributed by atoms with E-state index in [4.69, 9.17) is 4.52 Å². The molecule has 0 spiro atoms. The lowest BCUT2D eigenvalue weighted by atomic mass is 9.97. The normalized spacial score (nSPS) is 17.5. The van der Waals surface area contributed by atoms with Gasteiger partial charge in [-0.25, -0.2) is 9.97 Å². The van der Waals surface area contributed by atoms with Gasteiger partial charge in [-0.1, -0.05) is 5.16 Å². The van der Waals surface area contributed by atoms with Gasteiger partial charge in [0, 0.05) is 32.4 Å². The molecule has 1 atom stereocenters. The molecular weight excluding hydrogens is 312 g/mol. The van der Waals surface area contributed by atoms with Crippen molar-refractivity contribution in [1.82, 2.24) is 30.3 Å². The minimum Gasteiger partial charge on any atom is -0.347 e. The third-order valence-corrected chi connectivity index (χ3v) is 3.89. The molecule has 0 aliphatic carbocycles. The highest BCUT2D eigenvalue weighted by molar-refractivity contribution is 5.80. The number of hydrogen-bond acceptors (Lipinski definition) is 7. The third-order valence-electron chi connectivity index (χ3n) is 3.89. The molecule has 0 unspecified atom stereocenters. The van der Waals surface area contributed by atoms with Crippen LogP contribution in [0.1, 0.15) is 25.7 Å². The van der Waals surface area contributed by atoms with Crippen molar-refractivity contribution in [3.05, 3.63) is 24.4 Å². The predicted molar refractivity (Wildman–Crippen MR) is 82.1 cm³/mol. The van der Waals surface area contributed by atoms with Gasteiger partial charge in [0.2, 0.25) is 29.4 Å². The average Bonchev–Trinajstić information content (AvgIpc) is 3.09. The highest BCUT2D eigenvalue weighted by Gasteiger charge is 2.27. The van der Waals surface area contributed by atoms with E-state index >= 15 is 0 Å². The van der Waals surface area contributed by atoms with Crippen molar-refractivity contribution in [2.75, 3.05) is 13.1 Å². The first-order valence-electron chi connectivity index (χ1n) is 7.76. The summed E-state index contributed by atoms with van der Waals surface area (Å²) in [5.41, 5.74) is 0. The predicted octanol–water partition coefficient (Wildman–Crippen LogP) is 0.401. The van der Waals surface area contributed by atoms with Gasteiger partial charge in [-0.3, -0.25) is 9.59 Å². The van der Waals surface area contributed by atoms with Gasteiger partial charge in [0.05, 0.1) is 12.5 Å². The summed E-state index contributed by atoms with van der Waals surface area (Å²) in [5.74, 6) is 0.601. The maximum absolute atomic E-state index is 12.3. The Morgan fingerprint density at radius 1 is 1.33 bits per heavy atom. The summed E-state index contributed by atoms with van der Waals surface area (Å²) in [5, 5.41) is 6.58. The molecule has 3 rings (SSSR count). The van der Waals surface area contributed by atoms with Crippen LogP contribution in [0, 0.1) is 5.92 Å². The second kappa shape index (κ2) is 7.16. The monoisotopic (exact) mass is 330 g/mol. The molecule has 24 heavy (non-hydrogen) atoms. The molecule has 126 valence electrons. The summed E-state index contributed by atoms with van der Waals surface area (Å²) in [6.07, 6.45) is 4.77. The Labute approximate surface area is 138 Å². The number of nitrogens with one attached hydrogen (secondary N) is 1. The van der Waals surface area contributed by atoms with Crippen molar-refractivity contribution in [3.8, 4) is 11.6 Å². The summed E-state index contributed by atoms with van der Waals surface area (Å²) in [4.78, 5) is 37.6. The SMILES string of the molecule is CC(=O)N1CCC[C@H](C(=O)NCc2nc(-c3ncccn3)no2)C1. The van der Waals surface area contributed by atoms with E-state index in [1.165, 1.54) is 6.92 Å². The van der Waals surface area contributed by atoms with E-state index in [0.717, 1.165) is 12.8 Å². The summed E-state index contributed by atoms with van der Waals surface area (Å²) < 4.78 is 5.10. The van der Waals surface area contributed by atoms with E-state index in [1.807, 2.05) is 0 Å². The molecule has 2 amide bonds. The largest absolute Gasteiger partial charge is 0.347 e. The lowest BCUT2D eigenvalue weighted by Gasteiger charge is -2.31. The van der Waals surface area contributed by atoms with E-state index in [0.29, 0.717) is 18.9 Å². The lowest BCUT2D eigenvalue weighted by molar-refractivity contribution is -0.134. The summed E-state index contributed by atoms with van der Waals surface area (Å²) in [7, 11) is 0. The smallest absolute Gasteiger partial charge is 0.246 e. The number of likely N-dealkylation sites (tertiary alicyclic amines) is 1. The third kappa shape index (κ3) is 3.73. The van der Waals surface area contributed by atoms with Gasteiger partial charge in [0.25, 0.3) is 0 Å². The highest BCUT2D eigenvalue weighted by Crippen LogP contribution is 2.17. The maximum Gasteiger partial charge on any atom is 0.246 e. The zero-order valence-electron chi connectivity index (χ0n) is 13.3. The zero-order valence-corrected chi connectivity index (χ0v) is 13.3. The molecule has 0 radical (unpaired) electrons. The first kappa shape index (κ1) is 16.0. The van der Waals surface area contributed by atoms with Crippen molar-refractivity contribution in [3.63, 3.8) is 0 Å². The van der Waals surface area contributed by atoms with Crippen molar-refractivity contribution in [1.29, 1.82) is 0 Å².